The quantitative estimate of drug-likeness (QED) is 0.436. The number of nitrogens with one attached hydrogen (secondary N) is 2. The molecule has 0 atom stereocenters. The highest BCUT2D eigenvalue weighted by Gasteiger charge is 2.12. The van der Waals surface area contributed by atoms with Crippen molar-refractivity contribution in [3.8, 4) is 28.7 Å². The van der Waals surface area contributed by atoms with Gasteiger partial charge in [0.2, 0.25) is 0 Å². The van der Waals surface area contributed by atoms with Crippen molar-refractivity contribution in [1.29, 1.82) is 0 Å². The molecule has 2 amide bonds. The van der Waals surface area contributed by atoms with E-state index in [1.807, 2.05) is 0 Å². The number of amides is 2. The second kappa shape index (κ2) is 6.65. The molecule has 8 heteroatoms. The third kappa shape index (κ3) is 3.67. The summed E-state index contributed by atoms with van der Waals surface area (Å²) in [5, 5.41) is 33.1. The summed E-state index contributed by atoms with van der Waals surface area (Å²) in [7, 11) is 2.95. The number of phenolic OH excluding ortho intramolecular Hbond substituents is 3. The van der Waals surface area contributed by atoms with E-state index in [9.17, 15) is 20.1 Å². The second-order valence-electron chi connectivity index (χ2n) is 4.51. The lowest BCUT2D eigenvalue weighted by atomic mass is 10.2. The Hall–Kier alpha value is -3.29. The van der Waals surface area contributed by atoms with Crippen molar-refractivity contribution < 1.29 is 29.6 Å². The maximum absolute atomic E-state index is 12.0. The van der Waals surface area contributed by atoms with Gasteiger partial charge in [0.25, 0.3) is 0 Å². The van der Waals surface area contributed by atoms with E-state index in [1.54, 1.807) is 18.2 Å². The molecule has 0 saturated carbocycles. The molecule has 0 fully saturated rings. The Morgan fingerprint density at radius 3 is 2.17 bits per heavy atom. The molecule has 0 unspecified atom stereocenters. The molecule has 0 saturated heterocycles. The van der Waals surface area contributed by atoms with E-state index < -0.39 is 23.3 Å². The molecule has 0 aliphatic heterocycles. The molecule has 5 N–H and O–H groups in total. The van der Waals surface area contributed by atoms with Crippen molar-refractivity contribution in [2.45, 2.75) is 0 Å². The normalized spacial score (nSPS) is 10.0. The first-order valence-corrected chi connectivity index (χ1v) is 6.49. The Labute approximate surface area is 131 Å². The van der Waals surface area contributed by atoms with Gasteiger partial charge < -0.3 is 35.4 Å². The van der Waals surface area contributed by atoms with Gasteiger partial charge in [0.1, 0.15) is 11.5 Å². The van der Waals surface area contributed by atoms with Gasteiger partial charge in [0, 0.05) is 18.2 Å². The Kier molecular flexibility index (Phi) is 4.65. The van der Waals surface area contributed by atoms with Crippen molar-refractivity contribution in [3.63, 3.8) is 0 Å². The molecular formula is C15H16N2O6. The van der Waals surface area contributed by atoms with E-state index in [0.717, 1.165) is 12.1 Å². The van der Waals surface area contributed by atoms with Crippen LogP contribution in [0.5, 0.6) is 28.7 Å². The zero-order valence-electron chi connectivity index (χ0n) is 12.5. The molecule has 0 bridgehead atoms. The molecule has 2 rings (SSSR count). The summed E-state index contributed by atoms with van der Waals surface area (Å²) in [5.74, 6) is -0.817. The van der Waals surface area contributed by atoms with Crippen LogP contribution in [-0.4, -0.2) is 35.6 Å². The van der Waals surface area contributed by atoms with Crippen LogP contribution in [0.15, 0.2) is 30.3 Å². The average molecular weight is 320 g/mol. The highest BCUT2D eigenvalue weighted by atomic mass is 16.5. The maximum atomic E-state index is 12.0. The molecule has 0 heterocycles. The van der Waals surface area contributed by atoms with Gasteiger partial charge in [-0.3, -0.25) is 0 Å². The third-order valence-electron chi connectivity index (χ3n) is 2.98. The predicted octanol–water partition coefficient (Wildman–Crippen LogP) is 2.46. The number of urea groups is 1. The molecule has 0 radical (unpaired) electrons. The van der Waals surface area contributed by atoms with E-state index in [0.29, 0.717) is 17.2 Å². The molecule has 0 aliphatic rings. The Balaban J connectivity index is 2.16. The second-order valence-corrected chi connectivity index (χ2v) is 4.51. The first-order chi connectivity index (χ1) is 10.9. The van der Waals surface area contributed by atoms with Crippen molar-refractivity contribution in [2.75, 3.05) is 24.9 Å². The van der Waals surface area contributed by atoms with Crippen LogP contribution in [0, 0.1) is 0 Å². The highest BCUT2D eigenvalue weighted by Crippen LogP contribution is 2.37. The zero-order chi connectivity index (χ0) is 17.0. The highest BCUT2D eigenvalue weighted by molar-refractivity contribution is 6.01. The van der Waals surface area contributed by atoms with Crippen LogP contribution in [0.3, 0.4) is 0 Å². The summed E-state index contributed by atoms with van der Waals surface area (Å²) in [6.45, 7) is 0. The summed E-state index contributed by atoms with van der Waals surface area (Å²) in [5.41, 5.74) is 0.466. The number of carbonyl (C=O) groups is 1. The van der Waals surface area contributed by atoms with Crippen LogP contribution in [0.1, 0.15) is 0 Å². The minimum atomic E-state index is -0.662. The van der Waals surface area contributed by atoms with Crippen LogP contribution in [-0.2, 0) is 0 Å². The summed E-state index contributed by atoms with van der Waals surface area (Å²) >= 11 is 0. The lowest BCUT2D eigenvalue weighted by molar-refractivity contribution is 0.262. The van der Waals surface area contributed by atoms with Crippen LogP contribution < -0.4 is 20.1 Å². The lowest BCUT2D eigenvalue weighted by Crippen LogP contribution is -2.19. The topological polar surface area (TPSA) is 120 Å². The largest absolute Gasteiger partial charge is 0.504 e. The summed E-state index contributed by atoms with van der Waals surface area (Å²) in [4.78, 5) is 12.0. The van der Waals surface area contributed by atoms with Gasteiger partial charge in [-0.2, -0.15) is 0 Å². The molecule has 8 nitrogen and oxygen atoms in total. The molecule has 0 aromatic heterocycles. The fourth-order valence-corrected chi connectivity index (χ4v) is 1.87. The number of anilines is 2. The zero-order valence-corrected chi connectivity index (χ0v) is 12.5. The molecule has 23 heavy (non-hydrogen) atoms. The number of phenols is 3. The third-order valence-corrected chi connectivity index (χ3v) is 2.98. The fraction of sp³-hybridized carbons (Fsp3) is 0.133. The number of carbonyl (C=O) groups excluding carboxylic acids is 1. The van der Waals surface area contributed by atoms with E-state index in [4.69, 9.17) is 9.47 Å². The summed E-state index contributed by atoms with van der Waals surface area (Å²) in [6.07, 6.45) is 0. The number of methoxy groups -OCH3 is 2. The van der Waals surface area contributed by atoms with Crippen LogP contribution >= 0.6 is 0 Å². The molecular weight excluding hydrogens is 304 g/mol. The van der Waals surface area contributed by atoms with Crippen molar-refractivity contribution >= 4 is 17.4 Å². The Morgan fingerprint density at radius 2 is 1.61 bits per heavy atom. The van der Waals surface area contributed by atoms with Gasteiger partial charge in [0.15, 0.2) is 17.2 Å². The van der Waals surface area contributed by atoms with Gasteiger partial charge in [-0.25, -0.2) is 4.79 Å². The van der Waals surface area contributed by atoms with E-state index in [1.165, 1.54) is 14.2 Å². The summed E-state index contributed by atoms with van der Waals surface area (Å²) < 4.78 is 10.2. The van der Waals surface area contributed by atoms with Gasteiger partial charge >= 0.3 is 6.03 Å². The van der Waals surface area contributed by atoms with Crippen molar-refractivity contribution in [2.24, 2.45) is 0 Å². The van der Waals surface area contributed by atoms with Crippen molar-refractivity contribution in [3.05, 3.63) is 30.3 Å². The first-order valence-electron chi connectivity index (χ1n) is 6.49. The van der Waals surface area contributed by atoms with E-state index in [2.05, 4.69) is 10.6 Å². The van der Waals surface area contributed by atoms with Gasteiger partial charge in [-0.1, -0.05) is 0 Å². The molecule has 122 valence electrons. The number of benzene rings is 2. The predicted molar refractivity (Wildman–Crippen MR) is 83.6 cm³/mol. The molecule has 2 aromatic carbocycles. The minimum Gasteiger partial charge on any atom is -0.504 e. The maximum Gasteiger partial charge on any atom is 0.323 e. The monoisotopic (exact) mass is 320 g/mol. The average Bonchev–Trinajstić information content (AvgIpc) is 2.52. The SMILES string of the molecule is COc1ccc(OC)c(NC(=O)Nc2cc(O)c(O)c(O)c2)c1. The molecule has 0 aliphatic carbocycles. The smallest absolute Gasteiger partial charge is 0.323 e. The summed E-state index contributed by atoms with van der Waals surface area (Å²) in [6, 6.07) is 6.44. The number of rotatable bonds is 4. The van der Waals surface area contributed by atoms with Gasteiger partial charge in [-0.05, 0) is 12.1 Å². The fourth-order valence-electron chi connectivity index (χ4n) is 1.87. The van der Waals surface area contributed by atoms with Gasteiger partial charge in [0.05, 0.1) is 25.6 Å². The molecule has 0 spiro atoms. The number of aromatic hydroxyl groups is 3. The van der Waals surface area contributed by atoms with Gasteiger partial charge in [-0.15, -0.1) is 0 Å². The number of ether oxygens (including phenoxy) is 2. The van der Waals surface area contributed by atoms with Crippen LogP contribution in [0.4, 0.5) is 16.2 Å². The van der Waals surface area contributed by atoms with E-state index in [-0.39, 0.29) is 5.69 Å². The van der Waals surface area contributed by atoms with E-state index >= 15 is 0 Å². The minimum absolute atomic E-state index is 0.0946. The Bertz CT molecular complexity index is 709. The van der Waals surface area contributed by atoms with Crippen LogP contribution in [0.25, 0.3) is 0 Å². The van der Waals surface area contributed by atoms with Crippen LogP contribution in [0.2, 0.25) is 0 Å². The number of hydrogen-bond donors (Lipinski definition) is 5. The molecule has 2 aromatic rings. The standard InChI is InChI=1S/C15H16N2O6/c1-22-9-3-4-13(23-2)10(7-9)17-15(21)16-8-5-11(18)14(20)12(19)6-8/h3-7,18-20H,1-2H3,(H2,16,17,21). The van der Waals surface area contributed by atoms with Crippen molar-refractivity contribution in [1.82, 2.24) is 0 Å². The Morgan fingerprint density at radius 1 is 0.957 bits per heavy atom. The first kappa shape index (κ1) is 16.1. The lowest BCUT2D eigenvalue weighted by Gasteiger charge is -2.13. The number of hydrogen-bond acceptors (Lipinski definition) is 6.